The van der Waals surface area contributed by atoms with Crippen LogP contribution in [0.3, 0.4) is 0 Å². The molecule has 0 aromatic heterocycles. The molecule has 1 heterocycles. The molecule has 1 aliphatic heterocycles. The molecule has 0 spiro atoms. The molecule has 0 bridgehead atoms. The molecular formula is C6H12N2O. The molecule has 9 heavy (non-hydrogen) atoms. The second-order valence-electron chi connectivity index (χ2n) is 2.67. The van der Waals surface area contributed by atoms with Crippen LogP contribution in [-0.2, 0) is 4.79 Å². The molecule has 0 saturated carbocycles. The Morgan fingerprint density at radius 2 is 2.44 bits per heavy atom. The molecule has 3 nitrogen and oxygen atoms in total. The van der Waals surface area contributed by atoms with Crippen molar-refractivity contribution in [3.05, 3.63) is 0 Å². The molecule has 1 rings (SSSR count). The molecule has 0 aliphatic carbocycles. The summed E-state index contributed by atoms with van der Waals surface area (Å²) in [5, 5.41) is 2.79. The molecule has 3 N–H and O–H groups in total. The van der Waals surface area contributed by atoms with Crippen molar-refractivity contribution in [3.63, 3.8) is 0 Å². The number of nitrogens with one attached hydrogen (secondary N) is 1. The molecule has 0 radical (unpaired) electrons. The van der Waals surface area contributed by atoms with Crippen LogP contribution in [0.2, 0.25) is 0 Å². The van der Waals surface area contributed by atoms with Gasteiger partial charge in [-0.15, -0.1) is 0 Å². The summed E-state index contributed by atoms with van der Waals surface area (Å²) in [7, 11) is 0. The zero-order chi connectivity index (χ0) is 6.85. The molecule has 3 heteroatoms. The van der Waals surface area contributed by atoms with Crippen LogP contribution in [0.5, 0.6) is 0 Å². The first-order chi connectivity index (χ1) is 4.18. The molecule has 52 valence electrons. The van der Waals surface area contributed by atoms with E-state index < -0.39 is 0 Å². The number of rotatable bonds is 0. The minimum atomic E-state index is 0.0775. The second kappa shape index (κ2) is 2.35. The highest BCUT2D eigenvalue weighted by Crippen LogP contribution is 2.05. The van der Waals surface area contributed by atoms with E-state index in [-0.39, 0.29) is 18.0 Å². The van der Waals surface area contributed by atoms with E-state index in [2.05, 4.69) is 5.32 Å². The fourth-order valence-corrected chi connectivity index (χ4v) is 1.17. The third kappa shape index (κ3) is 1.68. The number of carbonyl (C=O) groups is 1. The zero-order valence-electron chi connectivity index (χ0n) is 5.55. The summed E-state index contributed by atoms with van der Waals surface area (Å²) in [4.78, 5) is 10.7. The highest BCUT2D eigenvalue weighted by Gasteiger charge is 2.19. The van der Waals surface area contributed by atoms with Crippen molar-refractivity contribution in [1.82, 2.24) is 5.32 Å². The Bertz CT molecular complexity index is 112. The van der Waals surface area contributed by atoms with E-state index in [0.717, 1.165) is 6.42 Å². The maximum Gasteiger partial charge on any atom is 0.221 e. The monoisotopic (exact) mass is 128 g/mol. The van der Waals surface area contributed by atoms with Gasteiger partial charge in [0.25, 0.3) is 0 Å². The van der Waals surface area contributed by atoms with Crippen LogP contribution in [0.4, 0.5) is 0 Å². The summed E-state index contributed by atoms with van der Waals surface area (Å²) >= 11 is 0. The van der Waals surface area contributed by atoms with Crippen molar-refractivity contribution in [3.8, 4) is 0 Å². The topological polar surface area (TPSA) is 55.1 Å². The predicted octanol–water partition coefficient (Wildman–Crippen LogP) is -0.388. The lowest BCUT2D eigenvalue weighted by Crippen LogP contribution is -2.45. The third-order valence-corrected chi connectivity index (χ3v) is 1.51. The van der Waals surface area contributed by atoms with E-state index in [9.17, 15) is 4.79 Å². The number of carbonyl (C=O) groups excluding carboxylic acids is 1. The van der Waals surface area contributed by atoms with E-state index in [4.69, 9.17) is 5.73 Å². The van der Waals surface area contributed by atoms with Crippen LogP contribution in [0.25, 0.3) is 0 Å². The van der Waals surface area contributed by atoms with Gasteiger partial charge in [0.1, 0.15) is 0 Å². The molecule has 1 aliphatic rings. The SMILES string of the molecule is CC1C[C@H](N)CC(=O)N1. The smallest absolute Gasteiger partial charge is 0.221 e. The molecule has 0 aromatic rings. The van der Waals surface area contributed by atoms with Crippen molar-refractivity contribution in [1.29, 1.82) is 0 Å². The highest BCUT2D eigenvalue weighted by atomic mass is 16.1. The van der Waals surface area contributed by atoms with E-state index >= 15 is 0 Å². The molecule has 1 saturated heterocycles. The summed E-state index contributed by atoms with van der Waals surface area (Å²) in [6.07, 6.45) is 1.40. The average Bonchev–Trinajstić information content (AvgIpc) is 1.59. The van der Waals surface area contributed by atoms with Crippen molar-refractivity contribution in [2.24, 2.45) is 5.73 Å². The van der Waals surface area contributed by atoms with Gasteiger partial charge < -0.3 is 11.1 Å². The molecule has 0 aromatic carbocycles. The van der Waals surface area contributed by atoms with E-state index in [1.54, 1.807) is 0 Å². The Morgan fingerprint density at radius 3 is 2.89 bits per heavy atom. The molecule has 1 unspecified atom stereocenters. The Balaban J connectivity index is 2.43. The number of amides is 1. The van der Waals surface area contributed by atoms with Crippen LogP contribution < -0.4 is 11.1 Å². The van der Waals surface area contributed by atoms with Crippen molar-refractivity contribution < 1.29 is 4.79 Å². The number of nitrogens with two attached hydrogens (primary N) is 1. The van der Waals surface area contributed by atoms with Crippen LogP contribution in [0.1, 0.15) is 19.8 Å². The van der Waals surface area contributed by atoms with Gasteiger partial charge in [0.15, 0.2) is 0 Å². The fourth-order valence-electron chi connectivity index (χ4n) is 1.17. The Hall–Kier alpha value is -0.570. The number of hydrogen-bond acceptors (Lipinski definition) is 2. The predicted molar refractivity (Wildman–Crippen MR) is 34.8 cm³/mol. The Labute approximate surface area is 54.6 Å². The molecule has 1 fully saturated rings. The second-order valence-corrected chi connectivity index (χ2v) is 2.67. The first-order valence-electron chi connectivity index (χ1n) is 3.23. The largest absolute Gasteiger partial charge is 0.354 e. The molecule has 2 atom stereocenters. The van der Waals surface area contributed by atoms with Crippen molar-refractivity contribution in [2.75, 3.05) is 0 Å². The van der Waals surface area contributed by atoms with Crippen molar-refractivity contribution in [2.45, 2.75) is 31.8 Å². The highest BCUT2D eigenvalue weighted by molar-refractivity contribution is 5.77. The zero-order valence-corrected chi connectivity index (χ0v) is 5.55. The molecule has 1 amide bonds. The van der Waals surface area contributed by atoms with Gasteiger partial charge in [0, 0.05) is 18.5 Å². The lowest BCUT2D eigenvalue weighted by Gasteiger charge is -2.24. The van der Waals surface area contributed by atoms with Gasteiger partial charge in [-0.3, -0.25) is 4.79 Å². The van der Waals surface area contributed by atoms with E-state index in [0.29, 0.717) is 6.42 Å². The Morgan fingerprint density at radius 1 is 1.78 bits per heavy atom. The summed E-state index contributed by atoms with van der Waals surface area (Å²) in [6, 6.07) is 0.343. The number of hydrogen-bond donors (Lipinski definition) is 2. The minimum Gasteiger partial charge on any atom is -0.354 e. The Kier molecular flexibility index (Phi) is 1.71. The van der Waals surface area contributed by atoms with Gasteiger partial charge >= 0.3 is 0 Å². The van der Waals surface area contributed by atoms with E-state index in [1.807, 2.05) is 6.92 Å². The summed E-state index contributed by atoms with van der Waals surface area (Å²) in [6.45, 7) is 1.97. The quantitative estimate of drug-likeness (QED) is 0.467. The summed E-state index contributed by atoms with van der Waals surface area (Å²) in [5.41, 5.74) is 5.55. The fraction of sp³-hybridized carbons (Fsp3) is 0.833. The van der Waals surface area contributed by atoms with Gasteiger partial charge in [-0.25, -0.2) is 0 Å². The molecular weight excluding hydrogens is 116 g/mol. The average molecular weight is 128 g/mol. The third-order valence-electron chi connectivity index (χ3n) is 1.51. The number of piperidine rings is 1. The lowest BCUT2D eigenvalue weighted by atomic mass is 10.0. The van der Waals surface area contributed by atoms with Gasteiger partial charge in [-0.05, 0) is 13.3 Å². The van der Waals surface area contributed by atoms with Crippen LogP contribution in [-0.4, -0.2) is 18.0 Å². The van der Waals surface area contributed by atoms with Gasteiger partial charge in [0.2, 0.25) is 5.91 Å². The summed E-state index contributed by atoms with van der Waals surface area (Å²) in [5.74, 6) is 0.0845. The van der Waals surface area contributed by atoms with Crippen LogP contribution >= 0.6 is 0 Å². The van der Waals surface area contributed by atoms with Gasteiger partial charge in [0.05, 0.1) is 0 Å². The standard InChI is InChI=1S/C6H12N2O/c1-4-2-5(7)3-6(9)8-4/h4-5H,2-3,7H2,1H3,(H,8,9)/t4?,5-/m0/s1. The first-order valence-corrected chi connectivity index (χ1v) is 3.23. The summed E-state index contributed by atoms with van der Waals surface area (Å²) < 4.78 is 0. The van der Waals surface area contributed by atoms with Crippen LogP contribution in [0.15, 0.2) is 0 Å². The van der Waals surface area contributed by atoms with Crippen molar-refractivity contribution >= 4 is 5.91 Å². The van der Waals surface area contributed by atoms with Gasteiger partial charge in [-0.2, -0.15) is 0 Å². The lowest BCUT2D eigenvalue weighted by molar-refractivity contribution is -0.123. The minimum absolute atomic E-state index is 0.0775. The normalized spacial score (nSPS) is 36.0. The van der Waals surface area contributed by atoms with Crippen LogP contribution in [0, 0.1) is 0 Å². The maximum absolute atomic E-state index is 10.7. The maximum atomic E-state index is 10.7. The first kappa shape index (κ1) is 6.55. The van der Waals surface area contributed by atoms with E-state index in [1.165, 1.54) is 0 Å². The van der Waals surface area contributed by atoms with Gasteiger partial charge in [-0.1, -0.05) is 0 Å².